The second-order valence-corrected chi connectivity index (χ2v) is 4.57. The molecule has 1 aromatic carbocycles. The summed E-state index contributed by atoms with van der Waals surface area (Å²) in [6.45, 7) is 0.440. The van der Waals surface area contributed by atoms with Crippen molar-refractivity contribution >= 4 is 40.4 Å². The lowest BCUT2D eigenvalue weighted by molar-refractivity contribution is 0.702. The molecule has 0 heterocycles. The Bertz CT molecular complexity index is 368. The van der Waals surface area contributed by atoms with Crippen molar-refractivity contribution in [1.82, 2.24) is 0 Å². The van der Waals surface area contributed by atoms with Crippen LogP contribution < -0.4 is 11.5 Å². The van der Waals surface area contributed by atoms with E-state index >= 15 is 0 Å². The third kappa shape index (κ3) is 3.61. The Morgan fingerprint density at radius 3 is 2.47 bits per heavy atom. The molecule has 0 aliphatic carbocycles. The molecule has 0 aliphatic heterocycles. The van der Waals surface area contributed by atoms with E-state index in [1.807, 2.05) is 12.1 Å². The summed E-state index contributed by atoms with van der Waals surface area (Å²) >= 11 is 16.6. The van der Waals surface area contributed by atoms with Crippen molar-refractivity contribution in [2.24, 2.45) is 17.4 Å². The Kier molecular flexibility index (Phi) is 4.80. The Labute approximate surface area is 105 Å². The van der Waals surface area contributed by atoms with Crippen LogP contribution >= 0.6 is 35.4 Å². The van der Waals surface area contributed by atoms with E-state index in [0.29, 0.717) is 28.0 Å². The first-order valence-corrected chi connectivity index (χ1v) is 5.64. The van der Waals surface area contributed by atoms with Gasteiger partial charge in [0.1, 0.15) is 0 Å². The molecule has 0 saturated heterocycles. The van der Waals surface area contributed by atoms with Gasteiger partial charge in [0.2, 0.25) is 0 Å². The van der Waals surface area contributed by atoms with Crippen LogP contribution in [0.4, 0.5) is 0 Å². The molecule has 0 aromatic heterocycles. The molecular weight excluding hydrogens is 251 g/mol. The molecular formula is C10H12Cl2N2S. The maximum Gasteiger partial charge on any atom is 0.0774 e. The number of nitrogens with two attached hydrogens (primary N) is 2. The summed E-state index contributed by atoms with van der Waals surface area (Å²) in [6.07, 6.45) is 0.697. The summed E-state index contributed by atoms with van der Waals surface area (Å²) in [7, 11) is 0. The van der Waals surface area contributed by atoms with Gasteiger partial charge in [0.25, 0.3) is 0 Å². The monoisotopic (exact) mass is 262 g/mol. The number of hydrogen-bond acceptors (Lipinski definition) is 2. The van der Waals surface area contributed by atoms with Crippen LogP contribution in [0.1, 0.15) is 5.56 Å². The minimum atomic E-state index is 0.0113. The molecule has 0 radical (unpaired) electrons. The van der Waals surface area contributed by atoms with Crippen LogP contribution in [0.3, 0.4) is 0 Å². The van der Waals surface area contributed by atoms with Gasteiger partial charge in [0, 0.05) is 12.5 Å². The molecule has 0 spiro atoms. The number of halogens is 2. The van der Waals surface area contributed by atoms with Crippen LogP contribution in [0.25, 0.3) is 0 Å². The van der Waals surface area contributed by atoms with Gasteiger partial charge in [0.15, 0.2) is 0 Å². The summed E-state index contributed by atoms with van der Waals surface area (Å²) in [5, 5.41) is 1.08. The fourth-order valence-corrected chi connectivity index (χ4v) is 1.75. The highest BCUT2D eigenvalue weighted by atomic mass is 35.5. The average Bonchev–Trinajstić information content (AvgIpc) is 2.19. The van der Waals surface area contributed by atoms with Crippen molar-refractivity contribution in [3.8, 4) is 0 Å². The van der Waals surface area contributed by atoms with E-state index in [2.05, 4.69) is 0 Å². The first-order valence-electron chi connectivity index (χ1n) is 4.48. The molecule has 4 N–H and O–H groups in total. The SMILES string of the molecule is NCC(Cc1ccc(Cl)c(Cl)c1)C(N)=S. The van der Waals surface area contributed by atoms with Crippen molar-refractivity contribution in [2.45, 2.75) is 6.42 Å². The second kappa shape index (κ2) is 5.66. The van der Waals surface area contributed by atoms with Gasteiger partial charge < -0.3 is 11.5 Å². The summed E-state index contributed by atoms with van der Waals surface area (Å²) in [4.78, 5) is 0.434. The first-order chi connectivity index (χ1) is 7.04. The number of benzene rings is 1. The van der Waals surface area contributed by atoms with Crippen molar-refractivity contribution in [3.05, 3.63) is 33.8 Å². The summed E-state index contributed by atoms with van der Waals surface area (Å²) in [5.74, 6) is 0.0113. The highest BCUT2D eigenvalue weighted by Crippen LogP contribution is 2.23. The number of thiocarbonyl (C=S) groups is 1. The van der Waals surface area contributed by atoms with Gasteiger partial charge >= 0.3 is 0 Å². The lowest BCUT2D eigenvalue weighted by Gasteiger charge is -2.13. The lowest BCUT2D eigenvalue weighted by Crippen LogP contribution is -2.30. The highest BCUT2D eigenvalue weighted by molar-refractivity contribution is 7.80. The average molecular weight is 263 g/mol. The molecule has 15 heavy (non-hydrogen) atoms. The second-order valence-electron chi connectivity index (χ2n) is 3.29. The molecule has 5 heteroatoms. The largest absolute Gasteiger partial charge is 0.393 e. The van der Waals surface area contributed by atoms with E-state index in [0.717, 1.165) is 5.56 Å². The van der Waals surface area contributed by atoms with E-state index in [1.54, 1.807) is 6.07 Å². The highest BCUT2D eigenvalue weighted by Gasteiger charge is 2.11. The van der Waals surface area contributed by atoms with Crippen molar-refractivity contribution in [3.63, 3.8) is 0 Å². The maximum absolute atomic E-state index is 5.89. The maximum atomic E-state index is 5.89. The quantitative estimate of drug-likeness (QED) is 0.820. The normalized spacial score (nSPS) is 12.5. The Balaban J connectivity index is 2.80. The van der Waals surface area contributed by atoms with Crippen LogP contribution in [0.2, 0.25) is 10.0 Å². The number of rotatable bonds is 4. The van der Waals surface area contributed by atoms with E-state index in [9.17, 15) is 0 Å². The topological polar surface area (TPSA) is 52.0 Å². The minimum absolute atomic E-state index is 0.0113. The predicted molar refractivity (Wildman–Crippen MR) is 69.5 cm³/mol. The molecule has 1 aromatic rings. The van der Waals surface area contributed by atoms with Gasteiger partial charge in [-0.2, -0.15) is 0 Å². The third-order valence-electron chi connectivity index (χ3n) is 2.15. The third-order valence-corrected chi connectivity index (χ3v) is 3.23. The Morgan fingerprint density at radius 2 is 2.00 bits per heavy atom. The molecule has 0 amide bonds. The Hall–Kier alpha value is -0.350. The summed E-state index contributed by atoms with van der Waals surface area (Å²) in [6, 6.07) is 5.46. The lowest BCUT2D eigenvalue weighted by atomic mass is 9.99. The fourth-order valence-electron chi connectivity index (χ4n) is 1.25. The summed E-state index contributed by atoms with van der Waals surface area (Å²) < 4.78 is 0. The molecule has 1 atom stereocenters. The standard InChI is InChI=1S/C10H12Cl2N2S/c11-8-2-1-6(4-9(8)12)3-7(5-13)10(14)15/h1-2,4,7H,3,5,13H2,(H2,14,15). The van der Waals surface area contributed by atoms with E-state index in [4.69, 9.17) is 46.9 Å². The zero-order valence-corrected chi connectivity index (χ0v) is 10.4. The minimum Gasteiger partial charge on any atom is -0.393 e. The summed E-state index contributed by atoms with van der Waals surface area (Å²) in [5.41, 5.74) is 12.2. The molecule has 82 valence electrons. The zero-order chi connectivity index (χ0) is 11.4. The van der Waals surface area contributed by atoms with E-state index in [1.165, 1.54) is 0 Å². The zero-order valence-electron chi connectivity index (χ0n) is 8.04. The smallest absolute Gasteiger partial charge is 0.0774 e. The molecule has 0 saturated carbocycles. The molecule has 2 nitrogen and oxygen atoms in total. The molecule has 0 fully saturated rings. The van der Waals surface area contributed by atoms with Crippen molar-refractivity contribution < 1.29 is 0 Å². The molecule has 0 aliphatic rings. The van der Waals surface area contributed by atoms with Gasteiger partial charge in [-0.25, -0.2) is 0 Å². The van der Waals surface area contributed by atoms with E-state index in [-0.39, 0.29) is 5.92 Å². The van der Waals surface area contributed by atoms with Crippen LogP contribution in [0.15, 0.2) is 18.2 Å². The predicted octanol–water partition coefficient (Wildman–Crippen LogP) is 2.40. The van der Waals surface area contributed by atoms with Crippen LogP contribution in [0.5, 0.6) is 0 Å². The Morgan fingerprint density at radius 1 is 1.33 bits per heavy atom. The van der Waals surface area contributed by atoms with Crippen molar-refractivity contribution in [2.75, 3.05) is 6.54 Å². The van der Waals surface area contributed by atoms with Gasteiger partial charge in [-0.15, -0.1) is 0 Å². The van der Waals surface area contributed by atoms with Crippen LogP contribution in [0, 0.1) is 5.92 Å². The van der Waals surface area contributed by atoms with Gasteiger partial charge in [-0.1, -0.05) is 41.5 Å². The molecule has 1 rings (SSSR count). The van der Waals surface area contributed by atoms with Crippen LogP contribution in [-0.4, -0.2) is 11.5 Å². The fraction of sp³-hybridized carbons (Fsp3) is 0.300. The van der Waals surface area contributed by atoms with Gasteiger partial charge in [0.05, 0.1) is 15.0 Å². The molecule has 1 unspecified atom stereocenters. The van der Waals surface area contributed by atoms with Crippen molar-refractivity contribution in [1.29, 1.82) is 0 Å². The van der Waals surface area contributed by atoms with Gasteiger partial charge in [-0.3, -0.25) is 0 Å². The first kappa shape index (κ1) is 12.7. The molecule has 0 bridgehead atoms. The van der Waals surface area contributed by atoms with E-state index < -0.39 is 0 Å². The van der Waals surface area contributed by atoms with Gasteiger partial charge in [-0.05, 0) is 24.1 Å². The van der Waals surface area contributed by atoms with Crippen LogP contribution in [-0.2, 0) is 6.42 Å². The number of hydrogen-bond donors (Lipinski definition) is 2.